The maximum absolute atomic E-state index is 12.9. The molecule has 30 heavy (non-hydrogen) atoms. The van der Waals surface area contributed by atoms with E-state index in [9.17, 15) is 9.59 Å². The molecule has 0 unspecified atom stereocenters. The number of amides is 2. The molecule has 0 spiro atoms. The highest BCUT2D eigenvalue weighted by Crippen LogP contribution is 2.19. The summed E-state index contributed by atoms with van der Waals surface area (Å²) in [4.78, 5) is 30.9. The first kappa shape index (κ1) is 22.2. The number of nitrogens with one attached hydrogen (secondary N) is 3. The summed E-state index contributed by atoms with van der Waals surface area (Å²) in [7, 11) is 0. The molecule has 0 saturated carbocycles. The van der Waals surface area contributed by atoms with Gasteiger partial charge in [0.15, 0.2) is 0 Å². The Morgan fingerprint density at radius 1 is 1.17 bits per heavy atom. The highest BCUT2D eigenvalue weighted by atomic mass is 16.6. The van der Waals surface area contributed by atoms with Crippen LogP contribution in [0.2, 0.25) is 0 Å². The highest BCUT2D eigenvalue weighted by Gasteiger charge is 2.25. The van der Waals surface area contributed by atoms with E-state index < -0.39 is 17.7 Å². The Morgan fingerprint density at radius 3 is 2.63 bits per heavy atom. The van der Waals surface area contributed by atoms with Crippen LogP contribution >= 0.6 is 0 Å². The second-order valence-electron chi connectivity index (χ2n) is 8.96. The minimum absolute atomic E-state index is 0.192. The van der Waals surface area contributed by atoms with E-state index in [4.69, 9.17) is 4.74 Å². The van der Waals surface area contributed by atoms with Gasteiger partial charge in [-0.1, -0.05) is 24.6 Å². The number of likely N-dealkylation sites (tertiary alicyclic amines) is 1. The zero-order valence-electron chi connectivity index (χ0n) is 18.3. The van der Waals surface area contributed by atoms with Gasteiger partial charge in [-0.25, -0.2) is 4.79 Å². The third-order valence-electron chi connectivity index (χ3n) is 5.28. The lowest BCUT2D eigenvalue weighted by Crippen LogP contribution is -2.50. The molecular formula is C23H34N4O3. The molecule has 3 N–H and O–H groups in total. The third-order valence-corrected chi connectivity index (χ3v) is 5.28. The van der Waals surface area contributed by atoms with Crippen molar-refractivity contribution >= 4 is 22.9 Å². The maximum atomic E-state index is 12.9. The van der Waals surface area contributed by atoms with Crippen LogP contribution in [0.25, 0.3) is 10.9 Å². The van der Waals surface area contributed by atoms with Crippen molar-refractivity contribution in [1.29, 1.82) is 0 Å². The van der Waals surface area contributed by atoms with Crippen LogP contribution in [0.3, 0.4) is 0 Å². The molecule has 1 fully saturated rings. The van der Waals surface area contributed by atoms with E-state index in [-0.39, 0.29) is 5.91 Å². The second-order valence-corrected chi connectivity index (χ2v) is 8.96. The highest BCUT2D eigenvalue weighted by molar-refractivity contribution is 5.88. The molecule has 1 aromatic carbocycles. The van der Waals surface area contributed by atoms with Crippen LogP contribution in [0.1, 0.15) is 45.6 Å². The van der Waals surface area contributed by atoms with E-state index >= 15 is 0 Å². The summed E-state index contributed by atoms with van der Waals surface area (Å²) in [6, 6.07) is 7.23. The number of rotatable bonds is 7. The zero-order chi connectivity index (χ0) is 21.6. The Labute approximate surface area is 178 Å². The average molecular weight is 415 g/mol. The lowest BCUT2D eigenvalue weighted by Gasteiger charge is -2.27. The van der Waals surface area contributed by atoms with Crippen LogP contribution in [0.15, 0.2) is 30.5 Å². The number of fused-ring (bicyclic) bond motifs is 1. The van der Waals surface area contributed by atoms with Gasteiger partial charge in [0.25, 0.3) is 0 Å². The number of aromatic amines is 1. The molecule has 1 aliphatic heterocycles. The first-order valence-electron chi connectivity index (χ1n) is 10.9. The SMILES string of the molecule is CC(C)(C)OC(=O)N[C@H](Cc1c[nH]c2ccccc12)C(=O)NCCN1CCCCC1. The second kappa shape index (κ2) is 9.98. The number of carbonyl (C=O) groups is 2. The number of carbonyl (C=O) groups excluding carboxylic acids is 2. The molecule has 7 nitrogen and oxygen atoms in total. The van der Waals surface area contributed by atoms with Gasteiger partial charge in [-0.05, 0) is 58.3 Å². The monoisotopic (exact) mass is 414 g/mol. The van der Waals surface area contributed by atoms with Crippen molar-refractivity contribution in [1.82, 2.24) is 20.5 Å². The van der Waals surface area contributed by atoms with Crippen LogP contribution in [-0.4, -0.2) is 59.7 Å². The van der Waals surface area contributed by atoms with Crippen molar-refractivity contribution in [2.24, 2.45) is 0 Å². The molecule has 7 heteroatoms. The molecular weight excluding hydrogens is 380 g/mol. The van der Waals surface area contributed by atoms with E-state index in [1.165, 1.54) is 19.3 Å². The van der Waals surface area contributed by atoms with E-state index in [1.807, 2.05) is 30.5 Å². The fourth-order valence-electron chi connectivity index (χ4n) is 3.82. The normalized spacial score (nSPS) is 16.2. The number of hydrogen-bond donors (Lipinski definition) is 3. The largest absolute Gasteiger partial charge is 0.444 e. The Kier molecular flexibility index (Phi) is 7.37. The van der Waals surface area contributed by atoms with Gasteiger partial charge < -0.3 is 25.3 Å². The minimum Gasteiger partial charge on any atom is -0.444 e. The van der Waals surface area contributed by atoms with Gasteiger partial charge in [0, 0.05) is 36.6 Å². The molecule has 1 saturated heterocycles. The van der Waals surface area contributed by atoms with Crippen LogP contribution in [0.5, 0.6) is 0 Å². The lowest BCUT2D eigenvalue weighted by molar-refractivity contribution is -0.123. The van der Waals surface area contributed by atoms with Gasteiger partial charge >= 0.3 is 6.09 Å². The Morgan fingerprint density at radius 2 is 1.90 bits per heavy atom. The maximum Gasteiger partial charge on any atom is 0.408 e. The topological polar surface area (TPSA) is 86.5 Å². The van der Waals surface area contributed by atoms with E-state index in [1.54, 1.807) is 20.8 Å². The standard InChI is InChI=1S/C23H34N4O3/c1-23(2,3)30-22(29)26-20(15-17-16-25-19-10-6-5-9-18(17)19)21(28)24-11-14-27-12-7-4-8-13-27/h5-6,9-10,16,20,25H,4,7-8,11-15H2,1-3H3,(H,24,28)(H,26,29)/t20-/m1/s1. The van der Waals surface area contributed by atoms with Crippen LogP contribution < -0.4 is 10.6 Å². The number of piperidine rings is 1. The van der Waals surface area contributed by atoms with E-state index in [0.29, 0.717) is 13.0 Å². The zero-order valence-corrected chi connectivity index (χ0v) is 18.3. The molecule has 2 amide bonds. The average Bonchev–Trinajstić information content (AvgIpc) is 3.10. The third kappa shape index (κ3) is 6.49. The smallest absolute Gasteiger partial charge is 0.408 e. The van der Waals surface area contributed by atoms with Gasteiger partial charge in [0.05, 0.1) is 0 Å². The number of H-pyrrole nitrogens is 1. The molecule has 2 aromatic rings. The Balaban J connectivity index is 1.64. The number of para-hydroxylation sites is 1. The molecule has 2 heterocycles. The van der Waals surface area contributed by atoms with Crippen molar-refractivity contribution in [3.63, 3.8) is 0 Å². The predicted molar refractivity (Wildman–Crippen MR) is 118 cm³/mol. The summed E-state index contributed by atoms with van der Waals surface area (Å²) in [5.41, 5.74) is 1.37. The summed E-state index contributed by atoms with van der Waals surface area (Å²) in [5.74, 6) is -0.192. The van der Waals surface area contributed by atoms with E-state index in [0.717, 1.165) is 36.1 Å². The Bertz CT molecular complexity index is 849. The molecule has 164 valence electrons. The molecule has 0 radical (unpaired) electrons. The van der Waals surface area contributed by atoms with Crippen LogP contribution in [-0.2, 0) is 16.0 Å². The number of ether oxygens (including phenoxy) is 1. The molecule has 0 bridgehead atoms. The molecule has 0 aliphatic carbocycles. The number of hydrogen-bond acceptors (Lipinski definition) is 4. The fraction of sp³-hybridized carbons (Fsp3) is 0.565. The number of alkyl carbamates (subject to hydrolysis) is 1. The number of aromatic nitrogens is 1. The van der Waals surface area contributed by atoms with Crippen LogP contribution in [0, 0.1) is 0 Å². The van der Waals surface area contributed by atoms with Crippen molar-refractivity contribution < 1.29 is 14.3 Å². The summed E-state index contributed by atoms with van der Waals surface area (Å²) >= 11 is 0. The van der Waals surface area contributed by atoms with Crippen molar-refractivity contribution in [2.75, 3.05) is 26.2 Å². The molecule has 1 aromatic heterocycles. The summed E-state index contributed by atoms with van der Waals surface area (Å²) in [5, 5.41) is 6.81. The summed E-state index contributed by atoms with van der Waals surface area (Å²) in [6.07, 6.45) is 5.43. The van der Waals surface area contributed by atoms with E-state index in [2.05, 4.69) is 20.5 Å². The van der Waals surface area contributed by atoms with Crippen molar-refractivity contribution in [3.05, 3.63) is 36.0 Å². The molecule has 3 rings (SSSR count). The van der Waals surface area contributed by atoms with Gasteiger partial charge in [0.1, 0.15) is 11.6 Å². The fourth-order valence-corrected chi connectivity index (χ4v) is 3.82. The summed E-state index contributed by atoms with van der Waals surface area (Å²) < 4.78 is 5.38. The molecule has 1 atom stereocenters. The lowest BCUT2D eigenvalue weighted by atomic mass is 10.0. The predicted octanol–water partition coefficient (Wildman–Crippen LogP) is 3.21. The minimum atomic E-state index is -0.708. The Hall–Kier alpha value is -2.54. The van der Waals surface area contributed by atoms with Gasteiger partial charge in [0.2, 0.25) is 5.91 Å². The van der Waals surface area contributed by atoms with Crippen molar-refractivity contribution in [2.45, 2.75) is 58.1 Å². The number of benzene rings is 1. The van der Waals surface area contributed by atoms with Crippen LogP contribution in [0.4, 0.5) is 4.79 Å². The van der Waals surface area contributed by atoms with Gasteiger partial charge in [-0.2, -0.15) is 0 Å². The van der Waals surface area contributed by atoms with Gasteiger partial charge in [-0.15, -0.1) is 0 Å². The number of nitrogens with zero attached hydrogens (tertiary/aromatic N) is 1. The first-order valence-corrected chi connectivity index (χ1v) is 10.9. The summed E-state index contributed by atoms with van der Waals surface area (Å²) in [6.45, 7) is 8.99. The van der Waals surface area contributed by atoms with Crippen molar-refractivity contribution in [3.8, 4) is 0 Å². The molecule has 1 aliphatic rings. The van der Waals surface area contributed by atoms with Gasteiger partial charge in [-0.3, -0.25) is 4.79 Å². The first-order chi connectivity index (χ1) is 14.3. The quantitative estimate of drug-likeness (QED) is 0.649.